The van der Waals surface area contributed by atoms with Crippen LogP contribution in [0.2, 0.25) is 10.0 Å². The molecule has 3 nitrogen and oxygen atoms in total. The van der Waals surface area contributed by atoms with Crippen LogP contribution in [0.15, 0.2) is 47.4 Å². The Balaban J connectivity index is 1.37. The summed E-state index contributed by atoms with van der Waals surface area (Å²) < 4.78 is 0. The van der Waals surface area contributed by atoms with Crippen molar-refractivity contribution in [2.45, 2.75) is 31.2 Å². The SMILES string of the molecule is Cc1ccc(SCCNC(=O)C2CCN(Cc3c(Cl)cccc3Cl)CC2)cc1. The van der Waals surface area contributed by atoms with Crippen molar-refractivity contribution in [1.82, 2.24) is 10.2 Å². The molecule has 0 unspecified atom stereocenters. The highest BCUT2D eigenvalue weighted by Crippen LogP contribution is 2.27. The molecule has 0 radical (unpaired) electrons. The highest BCUT2D eigenvalue weighted by molar-refractivity contribution is 7.99. The Kier molecular flexibility index (Phi) is 8.10. The van der Waals surface area contributed by atoms with Crippen LogP contribution >= 0.6 is 35.0 Å². The minimum Gasteiger partial charge on any atom is -0.355 e. The minimum atomic E-state index is 0.0994. The van der Waals surface area contributed by atoms with Gasteiger partial charge in [0.1, 0.15) is 0 Å². The molecule has 1 fully saturated rings. The first-order valence-corrected chi connectivity index (χ1v) is 11.4. The number of nitrogens with zero attached hydrogens (tertiary/aromatic N) is 1. The summed E-state index contributed by atoms with van der Waals surface area (Å²) in [5, 5.41) is 4.51. The number of carbonyl (C=O) groups is 1. The summed E-state index contributed by atoms with van der Waals surface area (Å²) in [5.41, 5.74) is 2.24. The maximum atomic E-state index is 12.4. The standard InChI is InChI=1S/C22H26Cl2N2OS/c1-16-5-7-18(8-6-16)28-14-11-25-22(27)17-9-12-26(13-10-17)15-19-20(23)3-2-4-21(19)24/h2-8,17H,9-15H2,1H3,(H,25,27). The van der Waals surface area contributed by atoms with Gasteiger partial charge >= 0.3 is 0 Å². The minimum absolute atomic E-state index is 0.0994. The number of hydrogen-bond donors (Lipinski definition) is 1. The Labute approximate surface area is 181 Å². The molecule has 1 amide bonds. The quantitative estimate of drug-likeness (QED) is 0.464. The van der Waals surface area contributed by atoms with Gasteiger partial charge in [-0.05, 0) is 57.1 Å². The van der Waals surface area contributed by atoms with Crippen LogP contribution in [0.1, 0.15) is 24.0 Å². The first-order chi connectivity index (χ1) is 13.5. The average molecular weight is 437 g/mol. The first kappa shape index (κ1) is 21.5. The number of amides is 1. The van der Waals surface area contributed by atoms with Gasteiger partial charge in [0.05, 0.1) is 0 Å². The maximum absolute atomic E-state index is 12.4. The average Bonchev–Trinajstić information content (AvgIpc) is 2.70. The summed E-state index contributed by atoms with van der Waals surface area (Å²) in [6.07, 6.45) is 1.75. The molecule has 1 aliphatic heterocycles. The second-order valence-electron chi connectivity index (χ2n) is 7.20. The van der Waals surface area contributed by atoms with Gasteiger partial charge in [0.25, 0.3) is 0 Å². The summed E-state index contributed by atoms with van der Waals surface area (Å²) in [4.78, 5) is 16.0. The molecule has 2 aromatic rings. The van der Waals surface area contributed by atoms with Gasteiger partial charge in [-0.2, -0.15) is 0 Å². The van der Waals surface area contributed by atoms with E-state index in [1.165, 1.54) is 10.5 Å². The molecular weight excluding hydrogens is 411 g/mol. The van der Waals surface area contributed by atoms with Gasteiger partial charge in [-0.1, -0.05) is 47.0 Å². The van der Waals surface area contributed by atoms with Crippen LogP contribution in [0, 0.1) is 12.8 Å². The van der Waals surface area contributed by atoms with Crippen molar-refractivity contribution in [1.29, 1.82) is 0 Å². The van der Waals surface area contributed by atoms with Crippen molar-refractivity contribution in [2.75, 3.05) is 25.4 Å². The van der Waals surface area contributed by atoms with Crippen LogP contribution < -0.4 is 5.32 Å². The van der Waals surface area contributed by atoms with E-state index in [0.29, 0.717) is 16.6 Å². The molecule has 6 heteroatoms. The normalized spacial score (nSPS) is 15.5. The second kappa shape index (κ2) is 10.5. The molecular formula is C22H26Cl2N2OS. The number of aryl methyl sites for hydroxylation is 1. The van der Waals surface area contributed by atoms with Crippen LogP contribution in [0.25, 0.3) is 0 Å². The lowest BCUT2D eigenvalue weighted by molar-refractivity contribution is -0.126. The third-order valence-electron chi connectivity index (χ3n) is 5.09. The van der Waals surface area contributed by atoms with Gasteiger partial charge in [-0.25, -0.2) is 0 Å². The second-order valence-corrected chi connectivity index (χ2v) is 9.19. The number of hydrogen-bond acceptors (Lipinski definition) is 3. The number of carbonyl (C=O) groups excluding carboxylic acids is 1. The molecule has 0 aliphatic carbocycles. The highest BCUT2D eigenvalue weighted by Gasteiger charge is 2.25. The van der Waals surface area contributed by atoms with Crippen LogP contribution in [-0.2, 0) is 11.3 Å². The van der Waals surface area contributed by atoms with Crippen molar-refractivity contribution >= 4 is 40.9 Å². The number of rotatable bonds is 7. The summed E-state index contributed by atoms with van der Waals surface area (Å²) >= 11 is 14.3. The lowest BCUT2D eigenvalue weighted by Crippen LogP contribution is -2.40. The van der Waals surface area contributed by atoms with Gasteiger partial charge in [-0.3, -0.25) is 9.69 Å². The maximum Gasteiger partial charge on any atom is 0.223 e. The third-order valence-corrected chi connectivity index (χ3v) is 6.81. The van der Waals surface area contributed by atoms with Crippen LogP contribution in [0.3, 0.4) is 0 Å². The van der Waals surface area contributed by atoms with E-state index < -0.39 is 0 Å². The third kappa shape index (κ3) is 6.15. The molecule has 150 valence electrons. The smallest absolute Gasteiger partial charge is 0.223 e. The van der Waals surface area contributed by atoms with Crippen molar-refractivity contribution in [2.24, 2.45) is 5.92 Å². The molecule has 1 aliphatic rings. The number of likely N-dealkylation sites (tertiary alicyclic amines) is 1. The predicted molar refractivity (Wildman–Crippen MR) is 119 cm³/mol. The molecule has 1 N–H and O–H groups in total. The summed E-state index contributed by atoms with van der Waals surface area (Å²) in [6, 6.07) is 14.1. The van der Waals surface area contributed by atoms with Crippen LogP contribution in [0.5, 0.6) is 0 Å². The Morgan fingerprint density at radius 1 is 1.11 bits per heavy atom. The number of halogens is 2. The molecule has 28 heavy (non-hydrogen) atoms. The van der Waals surface area contributed by atoms with E-state index in [1.54, 1.807) is 11.8 Å². The fourth-order valence-electron chi connectivity index (χ4n) is 3.38. The van der Waals surface area contributed by atoms with E-state index in [1.807, 2.05) is 18.2 Å². The van der Waals surface area contributed by atoms with Gasteiger partial charge in [-0.15, -0.1) is 11.8 Å². The van der Waals surface area contributed by atoms with E-state index in [4.69, 9.17) is 23.2 Å². The predicted octanol–water partition coefficient (Wildman–Crippen LogP) is 5.42. The fourth-order valence-corrected chi connectivity index (χ4v) is 4.67. The molecule has 0 saturated carbocycles. The van der Waals surface area contributed by atoms with E-state index in [0.717, 1.165) is 43.8 Å². The van der Waals surface area contributed by atoms with Gasteiger partial charge in [0.2, 0.25) is 5.91 Å². The lowest BCUT2D eigenvalue weighted by atomic mass is 9.95. The van der Waals surface area contributed by atoms with E-state index in [9.17, 15) is 4.79 Å². The number of thioether (sulfide) groups is 1. The monoisotopic (exact) mass is 436 g/mol. The van der Waals surface area contributed by atoms with Crippen molar-refractivity contribution < 1.29 is 4.79 Å². The lowest BCUT2D eigenvalue weighted by Gasteiger charge is -2.31. The Hall–Kier alpha value is -1.20. The van der Waals surface area contributed by atoms with Gasteiger partial charge in [0, 0.05) is 45.3 Å². The van der Waals surface area contributed by atoms with E-state index in [-0.39, 0.29) is 11.8 Å². The zero-order valence-corrected chi connectivity index (χ0v) is 18.4. The fraction of sp³-hybridized carbons (Fsp3) is 0.409. The Bertz CT molecular complexity index is 769. The van der Waals surface area contributed by atoms with Gasteiger partial charge < -0.3 is 5.32 Å². The first-order valence-electron chi connectivity index (χ1n) is 9.65. The zero-order valence-electron chi connectivity index (χ0n) is 16.1. The van der Waals surface area contributed by atoms with E-state index >= 15 is 0 Å². The number of nitrogens with one attached hydrogen (secondary N) is 1. The molecule has 3 rings (SSSR count). The number of benzene rings is 2. The van der Waals surface area contributed by atoms with Crippen molar-refractivity contribution in [3.63, 3.8) is 0 Å². The van der Waals surface area contributed by atoms with Gasteiger partial charge in [0.15, 0.2) is 0 Å². The Morgan fingerprint density at radius 3 is 2.39 bits per heavy atom. The molecule has 2 aromatic carbocycles. The molecule has 0 atom stereocenters. The highest BCUT2D eigenvalue weighted by atomic mass is 35.5. The van der Waals surface area contributed by atoms with Crippen molar-refractivity contribution in [3.05, 3.63) is 63.6 Å². The molecule has 0 spiro atoms. The van der Waals surface area contributed by atoms with Crippen LogP contribution in [-0.4, -0.2) is 36.2 Å². The summed E-state index contributed by atoms with van der Waals surface area (Å²) in [5.74, 6) is 1.17. The molecule has 1 saturated heterocycles. The largest absolute Gasteiger partial charge is 0.355 e. The molecule has 0 aromatic heterocycles. The zero-order chi connectivity index (χ0) is 19.9. The summed E-state index contributed by atoms with van der Waals surface area (Å²) in [7, 11) is 0. The van der Waals surface area contributed by atoms with Crippen molar-refractivity contribution in [3.8, 4) is 0 Å². The Morgan fingerprint density at radius 2 is 1.75 bits per heavy atom. The summed E-state index contributed by atoms with van der Waals surface area (Å²) in [6.45, 7) is 5.30. The van der Waals surface area contributed by atoms with Crippen LogP contribution in [0.4, 0.5) is 0 Å². The molecule has 0 bridgehead atoms. The topological polar surface area (TPSA) is 32.3 Å². The number of piperidine rings is 1. The molecule has 1 heterocycles. The van der Waals surface area contributed by atoms with E-state index in [2.05, 4.69) is 41.4 Å².